The minimum absolute atomic E-state index is 0.0610. The number of likely N-dealkylation sites (tertiary alicyclic amines) is 1. The van der Waals surface area contributed by atoms with E-state index in [2.05, 4.69) is 28.2 Å². The number of amides is 2. The van der Waals surface area contributed by atoms with Crippen LogP contribution in [-0.2, 0) is 6.54 Å². The molecular weight excluding hydrogens is 240 g/mol. The molecule has 0 aliphatic carbocycles. The third kappa shape index (κ3) is 2.30. The van der Waals surface area contributed by atoms with Gasteiger partial charge in [0.1, 0.15) is 0 Å². The zero-order chi connectivity index (χ0) is 13.4. The maximum Gasteiger partial charge on any atom is 0.317 e. The molecule has 2 saturated heterocycles. The number of carbonyl (C=O) groups excluding carboxylic acids is 1. The van der Waals surface area contributed by atoms with E-state index in [1.165, 1.54) is 5.56 Å². The van der Waals surface area contributed by atoms with Gasteiger partial charge in [-0.2, -0.15) is 0 Å². The highest BCUT2D eigenvalue weighted by Crippen LogP contribution is 2.22. The van der Waals surface area contributed by atoms with Crippen LogP contribution in [0.15, 0.2) is 18.3 Å². The highest BCUT2D eigenvalue weighted by Gasteiger charge is 2.40. The molecule has 2 atom stereocenters. The average molecular weight is 260 g/mol. The van der Waals surface area contributed by atoms with Gasteiger partial charge in [-0.05, 0) is 25.0 Å². The van der Waals surface area contributed by atoms with Crippen LogP contribution >= 0.6 is 0 Å². The minimum Gasteiger partial charge on any atom is -0.332 e. The molecule has 0 spiro atoms. The Morgan fingerprint density at radius 1 is 1.53 bits per heavy atom. The lowest BCUT2D eigenvalue weighted by atomic mass is 10.00. The molecule has 5 nitrogen and oxygen atoms in total. The van der Waals surface area contributed by atoms with Crippen LogP contribution in [0.2, 0.25) is 0 Å². The predicted molar refractivity (Wildman–Crippen MR) is 72.7 cm³/mol. The van der Waals surface area contributed by atoms with E-state index < -0.39 is 0 Å². The van der Waals surface area contributed by atoms with Crippen molar-refractivity contribution in [2.75, 3.05) is 20.1 Å². The molecule has 2 aliphatic rings. The summed E-state index contributed by atoms with van der Waals surface area (Å²) in [5.74, 6) is 0. The minimum atomic E-state index is 0.0610. The van der Waals surface area contributed by atoms with Crippen LogP contribution < -0.4 is 5.32 Å². The Labute approximate surface area is 113 Å². The predicted octanol–water partition coefficient (Wildman–Crippen LogP) is 0.988. The molecule has 1 aromatic heterocycles. The molecule has 3 heterocycles. The smallest absolute Gasteiger partial charge is 0.317 e. The largest absolute Gasteiger partial charge is 0.332 e. The summed E-state index contributed by atoms with van der Waals surface area (Å²) >= 11 is 0. The fraction of sp³-hybridized carbons (Fsp3) is 0.571. The average Bonchev–Trinajstić information content (AvgIpc) is 2.68. The normalized spacial score (nSPS) is 27.3. The van der Waals surface area contributed by atoms with Crippen LogP contribution in [0.5, 0.6) is 0 Å². The van der Waals surface area contributed by atoms with Crippen molar-refractivity contribution in [3.8, 4) is 0 Å². The number of nitrogens with one attached hydrogen (secondary N) is 1. The van der Waals surface area contributed by atoms with Crippen molar-refractivity contribution in [1.82, 2.24) is 20.1 Å². The van der Waals surface area contributed by atoms with Gasteiger partial charge in [0, 0.05) is 32.9 Å². The van der Waals surface area contributed by atoms with Crippen molar-refractivity contribution in [2.45, 2.75) is 32.0 Å². The SMILES string of the molecule is Cc1cccnc1CN1CC[C@H]2[C@@H](C1)NC(=O)N2C. The van der Waals surface area contributed by atoms with Gasteiger partial charge in [0.2, 0.25) is 0 Å². The molecule has 102 valence electrons. The van der Waals surface area contributed by atoms with E-state index in [0.29, 0.717) is 6.04 Å². The zero-order valence-electron chi connectivity index (χ0n) is 11.5. The van der Waals surface area contributed by atoms with Gasteiger partial charge >= 0.3 is 6.03 Å². The topological polar surface area (TPSA) is 48.5 Å². The van der Waals surface area contributed by atoms with Crippen molar-refractivity contribution in [3.63, 3.8) is 0 Å². The number of aromatic nitrogens is 1. The Kier molecular flexibility index (Phi) is 3.14. The summed E-state index contributed by atoms with van der Waals surface area (Å²) in [7, 11) is 1.89. The van der Waals surface area contributed by atoms with E-state index in [1.807, 2.05) is 24.2 Å². The van der Waals surface area contributed by atoms with E-state index in [-0.39, 0.29) is 12.1 Å². The number of piperidine rings is 1. The van der Waals surface area contributed by atoms with Gasteiger partial charge in [0.05, 0.1) is 17.8 Å². The molecule has 2 fully saturated rings. The molecular formula is C14H20N4O. The number of aryl methyl sites for hydroxylation is 1. The maximum atomic E-state index is 11.6. The number of hydrogen-bond acceptors (Lipinski definition) is 3. The number of carbonyl (C=O) groups is 1. The Morgan fingerprint density at radius 3 is 3.16 bits per heavy atom. The quantitative estimate of drug-likeness (QED) is 0.862. The summed E-state index contributed by atoms with van der Waals surface area (Å²) < 4.78 is 0. The maximum absolute atomic E-state index is 11.6. The first-order chi connectivity index (χ1) is 9.15. The summed E-state index contributed by atoms with van der Waals surface area (Å²) in [6.07, 6.45) is 2.88. The van der Waals surface area contributed by atoms with E-state index in [1.54, 1.807) is 0 Å². The molecule has 3 rings (SSSR count). The highest BCUT2D eigenvalue weighted by atomic mass is 16.2. The van der Waals surface area contributed by atoms with Crippen LogP contribution in [0.25, 0.3) is 0 Å². The summed E-state index contributed by atoms with van der Waals surface area (Å²) in [6.45, 7) is 4.91. The zero-order valence-corrected chi connectivity index (χ0v) is 11.5. The first kappa shape index (κ1) is 12.4. The van der Waals surface area contributed by atoms with E-state index in [4.69, 9.17) is 0 Å². The molecule has 0 saturated carbocycles. The molecule has 2 amide bonds. The van der Waals surface area contributed by atoms with Gasteiger partial charge in [-0.3, -0.25) is 9.88 Å². The molecule has 0 aromatic carbocycles. The summed E-state index contributed by atoms with van der Waals surface area (Å²) in [6, 6.07) is 4.74. The third-order valence-electron chi connectivity index (χ3n) is 4.28. The van der Waals surface area contributed by atoms with Gasteiger partial charge in [-0.1, -0.05) is 6.07 Å². The Morgan fingerprint density at radius 2 is 2.37 bits per heavy atom. The molecule has 19 heavy (non-hydrogen) atoms. The Bertz CT molecular complexity index is 490. The lowest BCUT2D eigenvalue weighted by Crippen LogP contribution is -2.50. The number of fused-ring (bicyclic) bond motifs is 1. The Hall–Kier alpha value is -1.62. The van der Waals surface area contributed by atoms with Crippen molar-refractivity contribution in [2.24, 2.45) is 0 Å². The van der Waals surface area contributed by atoms with Crippen molar-refractivity contribution >= 4 is 6.03 Å². The number of urea groups is 1. The molecule has 0 radical (unpaired) electrons. The van der Waals surface area contributed by atoms with Crippen LogP contribution in [-0.4, -0.2) is 53.0 Å². The number of hydrogen-bond donors (Lipinski definition) is 1. The number of rotatable bonds is 2. The van der Waals surface area contributed by atoms with Crippen LogP contribution in [0.4, 0.5) is 4.79 Å². The molecule has 0 bridgehead atoms. The van der Waals surface area contributed by atoms with Gasteiger partial charge in [-0.15, -0.1) is 0 Å². The van der Waals surface area contributed by atoms with Crippen LogP contribution in [0.1, 0.15) is 17.7 Å². The molecule has 2 aliphatic heterocycles. The monoisotopic (exact) mass is 260 g/mol. The second-order valence-electron chi connectivity index (χ2n) is 5.53. The second kappa shape index (κ2) is 4.81. The molecule has 5 heteroatoms. The molecule has 0 unspecified atom stereocenters. The van der Waals surface area contributed by atoms with Crippen LogP contribution in [0.3, 0.4) is 0 Å². The number of nitrogens with zero attached hydrogens (tertiary/aromatic N) is 3. The second-order valence-corrected chi connectivity index (χ2v) is 5.53. The van der Waals surface area contributed by atoms with Crippen molar-refractivity contribution in [3.05, 3.63) is 29.6 Å². The van der Waals surface area contributed by atoms with Gasteiger partial charge in [0.15, 0.2) is 0 Å². The van der Waals surface area contributed by atoms with Crippen LogP contribution in [0, 0.1) is 6.92 Å². The first-order valence-corrected chi connectivity index (χ1v) is 6.81. The number of pyridine rings is 1. The standard InChI is InChI=1S/C14H20N4O/c1-10-4-3-6-15-11(10)8-18-7-5-13-12(9-18)16-14(19)17(13)2/h3-4,6,12-13H,5,7-9H2,1-2H3,(H,16,19)/t12-,13+/m1/s1. The summed E-state index contributed by atoms with van der Waals surface area (Å²) in [5, 5.41) is 3.06. The lowest BCUT2D eigenvalue weighted by molar-refractivity contribution is 0.146. The molecule has 1 aromatic rings. The van der Waals surface area contributed by atoms with Gasteiger partial charge < -0.3 is 10.2 Å². The fourth-order valence-electron chi connectivity index (χ4n) is 3.06. The third-order valence-corrected chi connectivity index (χ3v) is 4.28. The van der Waals surface area contributed by atoms with Gasteiger partial charge in [-0.25, -0.2) is 4.79 Å². The molecule has 1 N–H and O–H groups in total. The van der Waals surface area contributed by atoms with E-state index in [0.717, 1.165) is 31.7 Å². The number of likely N-dealkylation sites (N-methyl/N-ethyl adjacent to an activating group) is 1. The van der Waals surface area contributed by atoms with E-state index in [9.17, 15) is 4.79 Å². The van der Waals surface area contributed by atoms with E-state index >= 15 is 0 Å². The fourth-order valence-corrected chi connectivity index (χ4v) is 3.06. The first-order valence-electron chi connectivity index (χ1n) is 6.81. The lowest BCUT2D eigenvalue weighted by Gasteiger charge is -2.35. The summed E-state index contributed by atoms with van der Waals surface area (Å²) in [4.78, 5) is 20.3. The van der Waals surface area contributed by atoms with Crippen molar-refractivity contribution in [1.29, 1.82) is 0 Å². The van der Waals surface area contributed by atoms with Gasteiger partial charge in [0.25, 0.3) is 0 Å². The summed E-state index contributed by atoms with van der Waals surface area (Å²) in [5.41, 5.74) is 2.37. The highest BCUT2D eigenvalue weighted by molar-refractivity contribution is 5.77. The van der Waals surface area contributed by atoms with Crippen molar-refractivity contribution < 1.29 is 4.79 Å². The Balaban J connectivity index is 1.66.